The molecule has 0 amide bonds. The molecule has 0 aliphatic carbocycles. The lowest BCUT2D eigenvalue weighted by Gasteiger charge is -2.28. The average Bonchev–Trinajstić information content (AvgIpc) is 2.80. The van der Waals surface area contributed by atoms with Gasteiger partial charge >= 0.3 is 0 Å². The highest BCUT2D eigenvalue weighted by Gasteiger charge is 2.23. The van der Waals surface area contributed by atoms with Crippen LogP contribution >= 0.6 is 22.9 Å². The minimum atomic E-state index is -0.120. The Morgan fingerprint density at radius 3 is 2.89 bits per heavy atom. The zero-order valence-corrected chi connectivity index (χ0v) is 11.6. The molecule has 3 rings (SSSR count). The summed E-state index contributed by atoms with van der Waals surface area (Å²) in [5.41, 5.74) is -0.120. The summed E-state index contributed by atoms with van der Waals surface area (Å²) in [6, 6.07) is 1.53. The van der Waals surface area contributed by atoms with E-state index in [1.54, 1.807) is 6.20 Å². The van der Waals surface area contributed by atoms with Crippen LogP contribution < -0.4 is 10.5 Å². The number of nitrogens with zero attached hydrogens (tertiary/aromatic N) is 4. The van der Waals surface area contributed by atoms with Crippen LogP contribution in [0.1, 0.15) is 0 Å². The van der Waals surface area contributed by atoms with Gasteiger partial charge in [0.05, 0.1) is 0 Å². The van der Waals surface area contributed by atoms with Gasteiger partial charge in [-0.2, -0.15) is 0 Å². The number of halogens is 1. The summed E-state index contributed by atoms with van der Waals surface area (Å²) < 4.78 is 2.00. The van der Waals surface area contributed by atoms with E-state index in [-0.39, 0.29) is 12.3 Å². The normalized spacial score (nSPS) is 15.8. The fraction of sp³-hybridized carbons (Fsp3) is 0.364. The van der Waals surface area contributed by atoms with Crippen molar-refractivity contribution in [3.8, 4) is 5.97 Å². The van der Waals surface area contributed by atoms with Gasteiger partial charge < -0.3 is 4.90 Å². The zero-order valence-electron chi connectivity index (χ0n) is 10.0. The third kappa shape index (κ3) is 2.34. The number of nitriles is 1. The van der Waals surface area contributed by atoms with E-state index in [0.717, 1.165) is 25.7 Å². The smallest absolute Gasteiger partial charge is 0.271 e. The van der Waals surface area contributed by atoms with E-state index in [4.69, 9.17) is 16.9 Å². The summed E-state index contributed by atoms with van der Waals surface area (Å²) in [5.74, 6) is 2.97. The molecule has 5 nitrogen and oxygen atoms in total. The standard InChI is InChI=1S/C11H10BClN4OS/c13-8-6-17-10(18)5-9(15-11(17)19-8)16-3-1-12(7-14)2-4-16/h5-6H,1-4H2. The second-order valence-corrected chi connectivity index (χ2v) is 6.17. The molecular weight excluding hydrogens is 282 g/mol. The van der Waals surface area contributed by atoms with Gasteiger partial charge in [0.25, 0.3) is 12.3 Å². The lowest BCUT2D eigenvalue weighted by atomic mass is 9.45. The van der Waals surface area contributed by atoms with E-state index in [1.807, 2.05) is 0 Å². The van der Waals surface area contributed by atoms with Gasteiger partial charge in [-0.1, -0.05) is 22.9 Å². The summed E-state index contributed by atoms with van der Waals surface area (Å²) in [7, 11) is 0. The first-order chi connectivity index (χ1) is 9.17. The molecule has 1 fully saturated rings. The molecule has 0 N–H and O–H groups in total. The second kappa shape index (κ2) is 4.87. The number of hydrogen-bond donors (Lipinski definition) is 0. The maximum absolute atomic E-state index is 12.0. The van der Waals surface area contributed by atoms with Gasteiger partial charge in [-0.05, 0) is 12.6 Å². The van der Waals surface area contributed by atoms with Crippen LogP contribution in [0.25, 0.3) is 4.96 Å². The van der Waals surface area contributed by atoms with Crippen molar-refractivity contribution in [3.05, 3.63) is 27.0 Å². The van der Waals surface area contributed by atoms with Gasteiger partial charge in [0.1, 0.15) is 10.2 Å². The fourth-order valence-electron chi connectivity index (χ4n) is 2.26. The molecule has 8 heteroatoms. The molecule has 0 atom stereocenters. The van der Waals surface area contributed by atoms with Gasteiger partial charge in [-0.3, -0.25) is 9.20 Å². The third-order valence-corrected chi connectivity index (χ3v) is 4.43. The minimum Gasteiger partial charge on any atom is -0.358 e. The number of thiazole rings is 1. The molecule has 0 aromatic carbocycles. The van der Waals surface area contributed by atoms with Crippen LogP contribution in [0.5, 0.6) is 0 Å². The zero-order chi connectivity index (χ0) is 13.4. The number of fused-ring (bicyclic) bond motifs is 1. The molecule has 2 aromatic heterocycles. The molecule has 0 unspecified atom stereocenters. The molecule has 96 valence electrons. The topological polar surface area (TPSA) is 61.4 Å². The van der Waals surface area contributed by atoms with E-state index in [9.17, 15) is 4.79 Å². The summed E-state index contributed by atoms with van der Waals surface area (Å²) in [5, 5.41) is 8.89. The van der Waals surface area contributed by atoms with Crippen LogP contribution in [-0.4, -0.2) is 29.2 Å². The Labute approximate surface area is 119 Å². The predicted octanol–water partition coefficient (Wildman–Crippen LogP) is 1.79. The van der Waals surface area contributed by atoms with Crippen LogP contribution in [0.15, 0.2) is 17.1 Å². The van der Waals surface area contributed by atoms with Crippen molar-refractivity contribution in [2.24, 2.45) is 0 Å². The van der Waals surface area contributed by atoms with E-state index >= 15 is 0 Å². The summed E-state index contributed by atoms with van der Waals surface area (Å²) >= 11 is 7.19. The molecule has 1 aliphatic rings. The number of anilines is 1. The van der Waals surface area contributed by atoms with Crippen LogP contribution in [-0.2, 0) is 0 Å². The van der Waals surface area contributed by atoms with Crippen molar-refractivity contribution in [3.63, 3.8) is 0 Å². The number of hydrogen-bond acceptors (Lipinski definition) is 5. The first kappa shape index (κ1) is 12.5. The first-order valence-corrected chi connectivity index (χ1v) is 7.20. The second-order valence-electron chi connectivity index (χ2n) is 4.53. The quantitative estimate of drug-likeness (QED) is 0.752. The minimum absolute atomic E-state index is 0.120. The fourth-order valence-corrected chi connectivity index (χ4v) is 3.28. The first-order valence-electron chi connectivity index (χ1n) is 6.00. The number of aromatic nitrogens is 2. The lowest BCUT2D eigenvalue weighted by Crippen LogP contribution is -2.37. The van der Waals surface area contributed by atoms with Gasteiger partial charge in [0.2, 0.25) is 0 Å². The van der Waals surface area contributed by atoms with E-state index in [1.165, 1.54) is 21.8 Å². The summed E-state index contributed by atoms with van der Waals surface area (Å²) in [6.07, 6.45) is 3.23. The molecular formula is C11H10BClN4OS. The Morgan fingerprint density at radius 1 is 1.47 bits per heavy atom. The van der Waals surface area contributed by atoms with Gasteiger partial charge in [0, 0.05) is 31.3 Å². The highest BCUT2D eigenvalue weighted by molar-refractivity contribution is 7.20. The van der Waals surface area contributed by atoms with Crippen LogP contribution in [0, 0.1) is 11.2 Å². The Bertz CT molecular complexity index is 714. The molecule has 0 spiro atoms. The van der Waals surface area contributed by atoms with Gasteiger partial charge in [-0.15, -0.1) is 0 Å². The van der Waals surface area contributed by atoms with Crippen molar-refractivity contribution in [2.45, 2.75) is 12.6 Å². The Hall–Kier alpha value is -1.52. The van der Waals surface area contributed by atoms with Crippen molar-refractivity contribution in [2.75, 3.05) is 18.0 Å². The van der Waals surface area contributed by atoms with Crippen LogP contribution in [0.4, 0.5) is 5.82 Å². The Balaban J connectivity index is 1.94. The van der Waals surface area contributed by atoms with E-state index < -0.39 is 0 Å². The molecule has 19 heavy (non-hydrogen) atoms. The van der Waals surface area contributed by atoms with Crippen molar-refractivity contribution in [1.82, 2.24) is 9.38 Å². The molecule has 1 aliphatic heterocycles. The highest BCUT2D eigenvalue weighted by atomic mass is 35.5. The molecule has 3 heterocycles. The molecule has 0 saturated carbocycles. The van der Waals surface area contributed by atoms with E-state index in [2.05, 4.69) is 15.9 Å². The summed E-state index contributed by atoms with van der Waals surface area (Å²) in [6.45, 7) is 1.65. The molecule has 1 saturated heterocycles. The third-order valence-electron chi connectivity index (χ3n) is 3.33. The molecule has 2 aromatic rings. The van der Waals surface area contributed by atoms with Crippen molar-refractivity contribution in [1.29, 1.82) is 5.26 Å². The Kier molecular flexibility index (Phi) is 3.21. The van der Waals surface area contributed by atoms with Crippen molar-refractivity contribution < 1.29 is 0 Å². The highest BCUT2D eigenvalue weighted by Crippen LogP contribution is 2.23. The maximum Gasteiger partial charge on any atom is 0.271 e. The van der Waals surface area contributed by atoms with E-state index in [0.29, 0.717) is 15.1 Å². The van der Waals surface area contributed by atoms with Gasteiger partial charge in [-0.25, -0.2) is 10.2 Å². The van der Waals surface area contributed by atoms with Crippen LogP contribution in [0.2, 0.25) is 17.0 Å². The average molecular weight is 293 g/mol. The monoisotopic (exact) mass is 292 g/mol. The van der Waals surface area contributed by atoms with Gasteiger partial charge in [0.15, 0.2) is 4.96 Å². The summed E-state index contributed by atoms with van der Waals surface area (Å²) in [4.78, 5) is 19.1. The van der Waals surface area contributed by atoms with Crippen molar-refractivity contribution >= 4 is 40.4 Å². The largest absolute Gasteiger partial charge is 0.358 e. The maximum atomic E-state index is 12.0. The predicted molar refractivity (Wildman–Crippen MR) is 77.5 cm³/mol. The molecule has 0 bridgehead atoms. The lowest BCUT2D eigenvalue weighted by molar-refractivity contribution is 0.803. The van der Waals surface area contributed by atoms with Crippen LogP contribution in [0.3, 0.4) is 0 Å². The molecule has 0 radical (unpaired) electrons. The SMILES string of the molecule is N#CB1CCN(c2cc(=O)n3cc(Cl)sc3n2)CC1. The number of rotatable bonds is 1. The Morgan fingerprint density at radius 2 is 2.21 bits per heavy atom.